The van der Waals surface area contributed by atoms with Crippen LogP contribution in [-0.2, 0) is 14.3 Å². The highest BCUT2D eigenvalue weighted by molar-refractivity contribution is 5.99. The van der Waals surface area contributed by atoms with Gasteiger partial charge in [0.15, 0.2) is 12.0 Å². The van der Waals surface area contributed by atoms with Gasteiger partial charge in [-0.3, -0.25) is 9.59 Å². The summed E-state index contributed by atoms with van der Waals surface area (Å²) in [5.74, 6) is -2.75. The number of hydrogen-bond acceptors (Lipinski definition) is 4. The summed E-state index contributed by atoms with van der Waals surface area (Å²) in [5.41, 5.74) is -1.85. The van der Waals surface area contributed by atoms with Crippen LogP contribution in [0.15, 0.2) is 0 Å². The van der Waals surface area contributed by atoms with Gasteiger partial charge < -0.3 is 15.2 Å². The molecule has 8 heteroatoms. The van der Waals surface area contributed by atoms with Crippen LogP contribution < -0.4 is 5.32 Å². The molecule has 0 aliphatic carbocycles. The molecule has 0 amide bonds. The number of carbonyl (C=O) groups excluding carboxylic acids is 1. The molecule has 98 valence electrons. The van der Waals surface area contributed by atoms with Crippen LogP contribution in [0.4, 0.5) is 13.2 Å². The Morgan fingerprint density at radius 3 is 2.24 bits per heavy atom. The minimum absolute atomic E-state index is 0.0704. The lowest BCUT2D eigenvalue weighted by atomic mass is 9.79. The van der Waals surface area contributed by atoms with Gasteiger partial charge in [-0.2, -0.15) is 13.2 Å². The lowest BCUT2D eigenvalue weighted by molar-refractivity contribution is -0.198. The van der Waals surface area contributed by atoms with E-state index in [0.717, 1.165) is 0 Å². The van der Waals surface area contributed by atoms with Crippen LogP contribution in [0, 0.1) is 5.41 Å². The number of nitrogens with one attached hydrogen (secondary N) is 1. The fraction of sp³-hybridized carbons (Fsp3) is 0.778. The standard InChI is InChI=1S/C9H12F3NO4/c10-9(11,12)5-17-7(16)8(6(14)15)1-3-13-4-2-8/h13H,1-5H2,(H,14,15). The minimum atomic E-state index is -4.65. The third kappa shape index (κ3) is 3.32. The highest BCUT2D eigenvalue weighted by atomic mass is 19.4. The molecule has 0 unspecified atom stereocenters. The maximum atomic E-state index is 11.9. The molecule has 0 spiro atoms. The molecule has 5 nitrogen and oxygen atoms in total. The smallest absolute Gasteiger partial charge is 0.422 e. The van der Waals surface area contributed by atoms with Gasteiger partial charge in [0.25, 0.3) is 0 Å². The number of carbonyl (C=O) groups is 2. The molecule has 1 aliphatic heterocycles. The van der Waals surface area contributed by atoms with Crippen molar-refractivity contribution < 1.29 is 32.6 Å². The number of alkyl halides is 3. The number of esters is 1. The molecular formula is C9H12F3NO4. The zero-order valence-electron chi connectivity index (χ0n) is 8.84. The van der Waals surface area contributed by atoms with Crippen molar-refractivity contribution in [2.75, 3.05) is 19.7 Å². The Morgan fingerprint density at radius 2 is 1.82 bits per heavy atom. The highest BCUT2D eigenvalue weighted by Crippen LogP contribution is 2.31. The Kier molecular flexibility index (Phi) is 3.97. The quantitative estimate of drug-likeness (QED) is 0.569. The molecule has 0 radical (unpaired) electrons. The minimum Gasteiger partial charge on any atom is -0.480 e. The van der Waals surface area contributed by atoms with Gasteiger partial charge in [0, 0.05) is 0 Å². The predicted molar refractivity (Wildman–Crippen MR) is 49.2 cm³/mol. The lowest BCUT2D eigenvalue weighted by Gasteiger charge is -2.31. The van der Waals surface area contributed by atoms with E-state index in [2.05, 4.69) is 10.1 Å². The maximum Gasteiger partial charge on any atom is 0.422 e. The Bertz CT molecular complexity index is 310. The van der Waals surface area contributed by atoms with E-state index in [1.54, 1.807) is 0 Å². The summed E-state index contributed by atoms with van der Waals surface area (Å²) in [4.78, 5) is 22.5. The zero-order chi connectivity index (χ0) is 13.1. The first-order chi connectivity index (χ1) is 7.78. The molecule has 0 aromatic carbocycles. The van der Waals surface area contributed by atoms with E-state index >= 15 is 0 Å². The molecule has 1 rings (SSSR count). The third-order valence-corrected chi connectivity index (χ3v) is 2.62. The summed E-state index contributed by atoms with van der Waals surface area (Å²) in [6.45, 7) is -1.24. The first-order valence-corrected chi connectivity index (χ1v) is 4.96. The SMILES string of the molecule is O=C(O)C1(C(=O)OCC(F)(F)F)CCNCC1. The molecular weight excluding hydrogens is 243 g/mol. The van der Waals surface area contributed by atoms with E-state index in [1.165, 1.54) is 0 Å². The van der Waals surface area contributed by atoms with E-state index in [4.69, 9.17) is 5.11 Å². The molecule has 0 aromatic heterocycles. The second-order valence-corrected chi connectivity index (χ2v) is 3.83. The average Bonchev–Trinajstić information content (AvgIpc) is 2.25. The van der Waals surface area contributed by atoms with Crippen LogP contribution in [0.2, 0.25) is 0 Å². The van der Waals surface area contributed by atoms with Gasteiger partial charge in [-0.25, -0.2) is 0 Å². The number of ether oxygens (including phenoxy) is 1. The van der Waals surface area contributed by atoms with Crippen molar-refractivity contribution >= 4 is 11.9 Å². The molecule has 1 fully saturated rings. The van der Waals surface area contributed by atoms with Gasteiger partial charge >= 0.3 is 18.1 Å². The highest BCUT2D eigenvalue weighted by Gasteiger charge is 2.49. The van der Waals surface area contributed by atoms with Crippen LogP contribution in [0.25, 0.3) is 0 Å². The lowest BCUT2D eigenvalue weighted by Crippen LogP contribution is -2.48. The van der Waals surface area contributed by atoms with Crippen LogP contribution >= 0.6 is 0 Å². The van der Waals surface area contributed by atoms with Crippen molar-refractivity contribution in [1.82, 2.24) is 5.32 Å². The number of carboxylic acids is 1. The van der Waals surface area contributed by atoms with Gasteiger partial charge in [-0.1, -0.05) is 0 Å². The van der Waals surface area contributed by atoms with Gasteiger partial charge in [0.05, 0.1) is 0 Å². The first-order valence-electron chi connectivity index (χ1n) is 4.96. The molecule has 0 atom stereocenters. The molecule has 17 heavy (non-hydrogen) atoms. The number of hydrogen-bond donors (Lipinski definition) is 2. The molecule has 1 heterocycles. The van der Waals surface area contributed by atoms with E-state index in [1.807, 2.05) is 0 Å². The molecule has 1 saturated heterocycles. The van der Waals surface area contributed by atoms with Crippen LogP contribution in [-0.4, -0.2) is 42.9 Å². The number of piperidine rings is 1. The van der Waals surface area contributed by atoms with Crippen molar-refractivity contribution in [2.45, 2.75) is 19.0 Å². The summed E-state index contributed by atoms with van der Waals surface area (Å²) in [6.07, 6.45) is -4.79. The number of aliphatic carboxylic acids is 1. The van der Waals surface area contributed by atoms with Crippen LogP contribution in [0.3, 0.4) is 0 Å². The number of rotatable bonds is 3. The van der Waals surface area contributed by atoms with E-state index in [9.17, 15) is 22.8 Å². The normalized spacial score (nSPS) is 19.7. The Morgan fingerprint density at radius 1 is 1.29 bits per heavy atom. The summed E-state index contributed by atoms with van der Waals surface area (Å²) >= 11 is 0. The largest absolute Gasteiger partial charge is 0.480 e. The van der Waals surface area contributed by atoms with Gasteiger partial charge in [-0.05, 0) is 25.9 Å². The molecule has 2 N–H and O–H groups in total. The molecule has 1 aliphatic rings. The van der Waals surface area contributed by atoms with Crippen molar-refractivity contribution in [3.05, 3.63) is 0 Å². The van der Waals surface area contributed by atoms with Crippen molar-refractivity contribution in [3.63, 3.8) is 0 Å². The molecule has 0 bridgehead atoms. The summed E-state index contributed by atoms with van der Waals surface area (Å²) < 4.78 is 39.7. The monoisotopic (exact) mass is 255 g/mol. The number of carboxylic acid groups (broad SMARTS) is 1. The average molecular weight is 255 g/mol. The van der Waals surface area contributed by atoms with Crippen molar-refractivity contribution in [3.8, 4) is 0 Å². The van der Waals surface area contributed by atoms with E-state index in [0.29, 0.717) is 0 Å². The second-order valence-electron chi connectivity index (χ2n) is 3.83. The Hall–Kier alpha value is -1.31. The molecule has 0 aromatic rings. The van der Waals surface area contributed by atoms with Gasteiger partial charge in [-0.15, -0.1) is 0 Å². The van der Waals surface area contributed by atoms with Crippen LogP contribution in [0.5, 0.6) is 0 Å². The summed E-state index contributed by atoms with van der Waals surface area (Å²) in [6, 6.07) is 0. The van der Waals surface area contributed by atoms with Gasteiger partial charge in [0.2, 0.25) is 0 Å². The Labute approximate surface area is 94.9 Å². The van der Waals surface area contributed by atoms with E-state index in [-0.39, 0.29) is 25.9 Å². The summed E-state index contributed by atoms with van der Waals surface area (Å²) in [5, 5.41) is 11.8. The second kappa shape index (κ2) is 4.91. The maximum absolute atomic E-state index is 11.9. The Balaban J connectivity index is 2.71. The van der Waals surface area contributed by atoms with Crippen LogP contribution in [0.1, 0.15) is 12.8 Å². The molecule has 0 saturated carbocycles. The van der Waals surface area contributed by atoms with Crippen molar-refractivity contribution in [2.24, 2.45) is 5.41 Å². The topological polar surface area (TPSA) is 75.6 Å². The third-order valence-electron chi connectivity index (χ3n) is 2.62. The zero-order valence-corrected chi connectivity index (χ0v) is 8.84. The number of halogens is 3. The first kappa shape index (κ1) is 13.8. The fourth-order valence-corrected chi connectivity index (χ4v) is 1.64. The predicted octanol–water partition coefficient (Wildman–Crippen LogP) is 0.546. The fourth-order valence-electron chi connectivity index (χ4n) is 1.64. The van der Waals surface area contributed by atoms with Crippen molar-refractivity contribution in [1.29, 1.82) is 0 Å². The summed E-state index contributed by atoms with van der Waals surface area (Å²) in [7, 11) is 0. The van der Waals surface area contributed by atoms with E-state index < -0.39 is 30.1 Å². The van der Waals surface area contributed by atoms with Gasteiger partial charge in [0.1, 0.15) is 0 Å².